The van der Waals surface area contributed by atoms with E-state index in [-0.39, 0.29) is 11.9 Å². The van der Waals surface area contributed by atoms with Crippen LogP contribution in [0, 0.1) is 20.8 Å². The summed E-state index contributed by atoms with van der Waals surface area (Å²) in [7, 11) is 1.55. The minimum absolute atomic E-state index is 0.242. The number of nitrogens with one attached hydrogen (secondary N) is 3. The quantitative estimate of drug-likeness (QED) is 0.663. The van der Waals surface area contributed by atoms with Crippen LogP contribution in [0.3, 0.4) is 0 Å². The molecule has 27 heavy (non-hydrogen) atoms. The highest BCUT2D eigenvalue weighted by Crippen LogP contribution is 2.30. The fourth-order valence-electron chi connectivity index (χ4n) is 2.99. The number of aryl methyl sites for hydroxylation is 3. The van der Waals surface area contributed by atoms with Gasteiger partial charge < -0.3 is 16.0 Å². The molecule has 138 valence electrons. The predicted octanol–water partition coefficient (Wildman–Crippen LogP) is 3.56. The van der Waals surface area contributed by atoms with E-state index in [1.807, 2.05) is 26.0 Å². The van der Waals surface area contributed by atoms with Gasteiger partial charge in [-0.05, 0) is 44.0 Å². The third-order valence-corrected chi connectivity index (χ3v) is 4.38. The van der Waals surface area contributed by atoms with E-state index in [9.17, 15) is 9.59 Å². The lowest BCUT2D eigenvalue weighted by molar-refractivity contribution is 0.102. The fourth-order valence-corrected chi connectivity index (χ4v) is 2.99. The van der Waals surface area contributed by atoms with E-state index in [0.29, 0.717) is 28.1 Å². The van der Waals surface area contributed by atoms with Gasteiger partial charge in [0.1, 0.15) is 0 Å². The summed E-state index contributed by atoms with van der Waals surface area (Å²) in [5.74, 6) is -0.242. The van der Waals surface area contributed by atoms with Gasteiger partial charge in [-0.2, -0.15) is 0 Å². The van der Waals surface area contributed by atoms with Gasteiger partial charge in [0.05, 0.1) is 28.1 Å². The van der Waals surface area contributed by atoms with Gasteiger partial charge in [-0.3, -0.25) is 14.8 Å². The Kier molecular flexibility index (Phi) is 5.03. The second-order valence-electron chi connectivity index (χ2n) is 6.26. The summed E-state index contributed by atoms with van der Waals surface area (Å²) in [4.78, 5) is 33.3. The molecule has 3 amide bonds. The second-order valence-corrected chi connectivity index (χ2v) is 6.26. The molecule has 3 aromatic rings. The molecule has 0 bridgehead atoms. The summed E-state index contributed by atoms with van der Waals surface area (Å²) in [6.45, 7) is 5.54. The Balaban J connectivity index is 2.04. The minimum atomic E-state index is -0.318. The van der Waals surface area contributed by atoms with E-state index >= 15 is 0 Å². The van der Waals surface area contributed by atoms with E-state index in [2.05, 4.69) is 25.9 Å². The van der Waals surface area contributed by atoms with Crippen molar-refractivity contribution in [3.63, 3.8) is 0 Å². The van der Waals surface area contributed by atoms with Crippen LogP contribution in [0.2, 0.25) is 0 Å². The zero-order valence-corrected chi connectivity index (χ0v) is 15.7. The molecule has 0 atom stereocenters. The van der Waals surface area contributed by atoms with Gasteiger partial charge in [0, 0.05) is 24.8 Å². The summed E-state index contributed by atoms with van der Waals surface area (Å²) in [6.07, 6.45) is 3.35. The first kappa shape index (κ1) is 18.3. The molecular weight excluding hydrogens is 342 g/mol. The Morgan fingerprint density at radius 1 is 0.963 bits per heavy atom. The number of para-hydroxylation sites is 1. The third kappa shape index (κ3) is 3.57. The maximum absolute atomic E-state index is 12.8. The van der Waals surface area contributed by atoms with E-state index in [1.165, 1.54) is 0 Å². The maximum Gasteiger partial charge on any atom is 0.319 e. The zero-order valence-electron chi connectivity index (χ0n) is 15.7. The molecule has 3 N–H and O–H groups in total. The van der Waals surface area contributed by atoms with Gasteiger partial charge in [-0.1, -0.05) is 12.1 Å². The van der Waals surface area contributed by atoms with Crippen molar-refractivity contribution < 1.29 is 9.59 Å². The molecule has 0 unspecified atom stereocenters. The Hall–Kier alpha value is -3.48. The molecule has 2 aromatic heterocycles. The molecule has 0 saturated heterocycles. The lowest BCUT2D eigenvalue weighted by Crippen LogP contribution is -2.25. The van der Waals surface area contributed by atoms with Gasteiger partial charge in [0.15, 0.2) is 0 Å². The molecular formula is C20H21N5O2. The molecule has 0 aliphatic heterocycles. The van der Waals surface area contributed by atoms with Gasteiger partial charge in [-0.15, -0.1) is 0 Å². The van der Waals surface area contributed by atoms with E-state index < -0.39 is 0 Å². The molecule has 7 nitrogen and oxygen atoms in total. The average molecular weight is 363 g/mol. The van der Waals surface area contributed by atoms with Crippen molar-refractivity contribution in [3.05, 3.63) is 59.0 Å². The first-order valence-electron chi connectivity index (χ1n) is 8.53. The molecule has 3 rings (SSSR count). The van der Waals surface area contributed by atoms with Crippen LogP contribution in [0.15, 0.2) is 36.7 Å². The topological polar surface area (TPSA) is 96.0 Å². The standard InChI is InChI=1S/C20H21N5O2/c1-11-8-9-22-13(3)16(11)19(26)24-15-7-5-6-14-17(25-20(27)21-4)12(2)10-23-18(14)15/h5-10H,1-4H3,(H,24,26)(H2,21,23,25,27). The number of hydrogen-bond acceptors (Lipinski definition) is 4. The summed E-state index contributed by atoms with van der Waals surface area (Å²) in [5, 5.41) is 9.03. The number of nitrogens with zero attached hydrogens (tertiary/aromatic N) is 2. The SMILES string of the molecule is CNC(=O)Nc1c(C)cnc2c(NC(=O)c3c(C)ccnc3C)cccc12. The van der Waals surface area contributed by atoms with Crippen molar-refractivity contribution in [2.45, 2.75) is 20.8 Å². The highest BCUT2D eigenvalue weighted by atomic mass is 16.2. The number of anilines is 2. The monoisotopic (exact) mass is 363 g/mol. The zero-order chi connectivity index (χ0) is 19.6. The van der Waals surface area contributed by atoms with Crippen LogP contribution in [0.4, 0.5) is 16.2 Å². The number of urea groups is 1. The number of benzene rings is 1. The summed E-state index contributed by atoms with van der Waals surface area (Å²) in [5.41, 5.74) is 4.72. The maximum atomic E-state index is 12.8. The van der Waals surface area contributed by atoms with E-state index in [4.69, 9.17) is 0 Å². The van der Waals surface area contributed by atoms with Gasteiger partial charge in [0.2, 0.25) is 0 Å². The van der Waals surface area contributed by atoms with Crippen molar-refractivity contribution in [2.24, 2.45) is 0 Å². The number of carbonyl (C=O) groups is 2. The van der Waals surface area contributed by atoms with Crippen LogP contribution < -0.4 is 16.0 Å². The fraction of sp³-hybridized carbons (Fsp3) is 0.200. The number of rotatable bonds is 3. The smallest absolute Gasteiger partial charge is 0.319 e. The van der Waals surface area contributed by atoms with Crippen LogP contribution >= 0.6 is 0 Å². The van der Waals surface area contributed by atoms with Crippen molar-refractivity contribution >= 4 is 34.2 Å². The highest BCUT2D eigenvalue weighted by molar-refractivity contribution is 6.12. The van der Waals surface area contributed by atoms with Crippen LogP contribution in [0.5, 0.6) is 0 Å². The average Bonchev–Trinajstić information content (AvgIpc) is 2.64. The van der Waals surface area contributed by atoms with Gasteiger partial charge in [0.25, 0.3) is 5.91 Å². The molecule has 0 radical (unpaired) electrons. The summed E-state index contributed by atoms with van der Waals surface area (Å²) in [6, 6.07) is 6.95. The number of hydrogen-bond donors (Lipinski definition) is 3. The highest BCUT2D eigenvalue weighted by Gasteiger charge is 2.16. The Labute approximate surface area is 157 Å². The molecule has 0 saturated carbocycles. The normalized spacial score (nSPS) is 10.5. The molecule has 0 aliphatic carbocycles. The first-order valence-corrected chi connectivity index (χ1v) is 8.53. The lowest BCUT2D eigenvalue weighted by Gasteiger charge is -2.14. The number of amides is 3. The number of aromatic nitrogens is 2. The van der Waals surface area contributed by atoms with Crippen LogP contribution in [-0.4, -0.2) is 29.0 Å². The Morgan fingerprint density at radius 3 is 2.44 bits per heavy atom. The van der Waals surface area contributed by atoms with Gasteiger partial charge >= 0.3 is 6.03 Å². The van der Waals surface area contributed by atoms with Crippen molar-refractivity contribution in [3.8, 4) is 0 Å². The van der Waals surface area contributed by atoms with Crippen LogP contribution in [0.25, 0.3) is 10.9 Å². The lowest BCUT2D eigenvalue weighted by atomic mass is 10.1. The van der Waals surface area contributed by atoms with E-state index in [0.717, 1.165) is 16.5 Å². The molecule has 7 heteroatoms. The summed E-state index contributed by atoms with van der Waals surface area (Å²) >= 11 is 0. The Bertz CT molecular complexity index is 1030. The van der Waals surface area contributed by atoms with Crippen molar-refractivity contribution in [2.75, 3.05) is 17.7 Å². The van der Waals surface area contributed by atoms with Crippen LogP contribution in [0.1, 0.15) is 27.2 Å². The minimum Gasteiger partial charge on any atom is -0.341 e. The molecule has 1 aromatic carbocycles. The number of fused-ring (bicyclic) bond motifs is 1. The third-order valence-electron chi connectivity index (χ3n) is 4.38. The second kappa shape index (κ2) is 7.41. The number of carbonyl (C=O) groups excluding carboxylic acids is 2. The van der Waals surface area contributed by atoms with Crippen LogP contribution in [-0.2, 0) is 0 Å². The molecule has 2 heterocycles. The molecule has 0 spiro atoms. The van der Waals surface area contributed by atoms with Gasteiger partial charge in [-0.25, -0.2) is 4.79 Å². The van der Waals surface area contributed by atoms with E-state index in [1.54, 1.807) is 38.5 Å². The molecule has 0 aliphatic rings. The summed E-state index contributed by atoms with van der Waals surface area (Å²) < 4.78 is 0. The number of pyridine rings is 2. The largest absolute Gasteiger partial charge is 0.341 e. The van der Waals surface area contributed by atoms with Crippen molar-refractivity contribution in [1.29, 1.82) is 0 Å². The predicted molar refractivity (Wildman–Crippen MR) is 106 cm³/mol. The van der Waals surface area contributed by atoms with Crippen molar-refractivity contribution in [1.82, 2.24) is 15.3 Å². The first-order chi connectivity index (χ1) is 12.9. The Morgan fingerprint density at radius 2 is 1.74 bits per heavy atom. The molecule has 0 fully saturated rings.